The first kappa shape index (κ1) is 11.3. The Kier molecular flexibility index (Phi) is 3.90. The van der Waals surface area contributed by atoms with Gasteiger partial charge in [-0.05, 0) is 43.0 Å². The summed E-state index contributed by atoms with van der Waals surface area (Å²) in [6.45, 7) is 2.01. The highest BCUT2D eigenvalue weighted by atomic mass is 35.5. The van der Waals surface area contributed by atoms with Crippen LogP contribution in [-0.4, -0.2) is 6.54 Å². The van der Waals surface area contributed by atoms with Crippen LogP contribution in [0.4, 0.5) is 0 Å². The number of nitrogens with one attached hydrogen (secondary N) is 1. The SMILES string of the molecule is Clc1ccc(CNCC2CCC2)cc1Cl. The van der Waals surface area contributed by atoms with Gasteiger partial charge in [0, 0.05) is 6.54 Å². The Hall–Kier alpha value is -0.240. The Morgan fingerprint density at radius 3 is 2.60 bits per heavy atom. The summed E-state index contributed by atoms with van der Waals surface area (Å²) in [5.41, 5.74) is 1.20. The highest BCUT2D eigenvalue weighted by Gasteiger charge is 2.16. The second-order valence-electron chi connectivity index (χ2n) is 4.18. The van der Waals surface area contributed by atoms with E-state index >= 15 is 0 Å². The van der Waals surface area contributed by atoms with E-state index in [9.17, 15) is 0 Å². The van der Waals surface area contributed by atoms with Crippen LogP contribution in [0.2, 0.25) is 10.0 Å². The molecular weight excluding hydrogens is 229 g/mol. The first-order valence-corrected chi connectivity index (χ1v) is 6.16. The van der Waals surface area contributed by atoms with Crippen LogP contribution in [0.3, 0.4) is 0 Å². The third kappa shape index (κ3) is 3.10. The molecule has 0 heterocycles. The van der Waals surface area contributed by atoms with Gasteiger partial charge in [0.25, 0.3) is 0 Å². The minimum Gasteiger partial charge on any atom is -0.312 e. The van der Waals surface area contributed by atoms with E-state index in [1.54, 1.807) is 0 Å². The molecule has 1 aromatic carbocycles. The molecule has 3 heteroatoms. The predicted octanol–water partition coefficient (Wildman–Crippen LogP) is 3.88. The van der Waals surface area contributed by atoms with E-state index in [1.165, 1.54) is 24.8 Å². The number of halogens is 2. The Bertz CT molecular complexity index is 334. The molecule has 1 aliphatic carbocycles. The van der Waals surface area contributed by atoms with Crippen LogP contribution >= 0.6 is 23.2 Å². The molecule has 0 aliphatic heterocycles. The van der Waals surface area contributed by atoms with E-state index in [0.29, 0.717) is 10.0 Å². The average Bonchev–Trinajstić information content (AvgIpc) is 2.15. The van der Waals surface area contributed by atoms with Crippen molar-refractivity contribution >= 4 is 23.2 Å². The van der Waals surface area contributed by atoms with Gasteiger partial charge in [-0.3, -0.25) is 0 Å². The third-order valence-electron chi connectivity index (χ3n) is 2.97. The molecule has 0 unspecified atom stereocenters. The second kappa shape index (κ2) is 5.20. The molecule has 1 saturated carbocycles. The van der Waals surface area contributed by atoms with Crippen LogP contribution in [0.25, 0.3) is 0 Å². The van der Waals surface area contributed by atoms with Gasteiger partial charge in [-0.1, -0.05) is 35.7 Å². The summed E-state index contributed by atoms with van der Waals surface area (Å²) < 4.78 is 0. The van der Waals surface area contributed by atoms with Crippen molar-refractivity contribution in [2.75, 3.05) is 6.54 Å². The molecule has 0 aromatic heterocycles. The number of rotatable bonds is 4. The van der Waals surface area contributed by atoms with E-state index in [2.05, 4.69) is 5.32 Å². The van der Waals surface area contributed by atoms with Crippen molar-refractivity contribution in [1.82, 2.24) is 5.32 Å². The summed E-state index contributed by atoms with van der Waals surface area (Å²) in [6.07, 6.45) is 4.17. The molecule has 82 valence electrons. The molecule has 0 atom stereocenters. The monoisotopic (exact) mass is 243 g/mol. The van der Waals surface area contributed by atoms with Crippen LogP contribution < -0.4 is 5.32 Å². The van der Waals surface area contributed by atoms with E-state index in [-0.39, 0.29) is 0 Å². The van der Waals surface area contributed by atoms with E-state index in [0.717, 1.165) is 19.0 Å². The lowest BCUT2D eigenvalue weighted by Gasteiger charge is -2.25. The Morgan fingerprint density at radius 1 is 1.20 bits per heavy atom. The summed E-state index contributed by atoms with van der Waals surface area (Å²) in [7, 11) is 0. The molecule has 0 amide bonds. The van der Waals surface area contributed by atoms with Crippen molar-refractivity contribution in [2.45, 2.75) is 25.8 Å². The van der Waals surface area contributed by atoms with Gasteiger partial charge in [0.05, 0.1) is 10.0 Å². The van der Waals surface area contributed by atoms with Crippen molar-refractivity contribution in [3.05, 3.63) is 33.8 Å². The van der Waals surface area contributed by atoms with Crippen LogP contribution in [0, 0.1) is 5.92 Å². The molecule has 1 nitrogen and oxygen atoms in total. The zero-order valence-electron chi connectivity index (χ0n) is 8.60. The lowest BCUT2D eigenvalue weighted by molar-refractivity contribution is 0.301. The zero-order valence-corrected chi connectivity index (χ0v) is 10.1. The van der Waals surface area contributed by atoms with Crippen LogP contribution in [0.15, 0.2) is 18.2 Å². The van der Waals surface area contributed by atoms with Crippen LogP contribution in [0.1, 0.15) is 24.8 Å². The quantitative estimate of drug-likeness (QED) is 0.847. The lowest BCUT2D eigenvalue weighted by Crippen LogP contribution is -2.26. The largest absolute Gasteiger partial charge is 0.312 e. The van der Waals surface area contributed by atoms with E-state index < -0.39 is 0 Å². The first-order valence-electron chi connectivity index (χ1n) is 5.40. The lowest BCUT2D eigenvalue weighted by atomic mass is 9.85. The van der Waals surface area contributed by atoms with Crippen LogP contribution in [-0.2, 0) is 6.54 Å². The molecule has 1 N–H and O–H groups in total. The number of hydrogen-bond donors (Lipinski definition) is 1. The Labute approximate surface area is 101 Å². The molecule has 0 radical (unpaired) electrons. The fourth-order valence-electron chi connectivity index (χ4n) is 1.77. The van der Waals surface area contributed by atoms with Crippen molar-refractivity contribution in [1.29, 1.82) is 0 Å². The molecule has 2 rings (SSSR count). The molecule has 0 saturated heterocycles. The normalized spacial score (nSPS) is 16.4. The maximum atomic E-state index is 5.93. The summed E-state index contributed by atoms with van der Waals surface area (Å²) >= 11 is 11.8. The molecule has 1 fully saturated rings. The van der Waals surface area contributed by atoms with Gasteiger partial charge in [0.1, 0.15) is 0 Å². The van der Waals surface area contributed by atoms with Crippen molar-refractivity contribution in [3.63, 3.8) is 0 Å². The first-order chi connectivity index (χ1) is 7.25. The molecule has 1 aliphatic rings. The highest BCUT2D eigenvalue weighted by Crippen LogP contribution is 2.25. The molecule has 15 heavy (non-hydrogen) atoms. The van der Waals surface area contributed by atoms with Gasteiger partial charge >= 0.3 is 0 Å². The van der Waals surface area contributed by atoms with Gasteiger partial charge in [0.15, 0.2) is 0 Å². The van der Waals surface area contributed by atoms with E-state index in [4.69, 9.17) is 23.2 Å². The fourth-order valence-corrected chi connectivity index (χ4v) is 2.09. The summed E-state index contributed by atoms with van der Waals surface area (Å²) in [6, 6.07) is 5.80. The highest BCUT2D eigenvalue weighted by molar-refractivity contribution is 6.42. The van der Waals surface area contributed by atoms with Crippen molar-refractivity contribution in [2.24, 2.45) is 5.92 Å². The topological polar surface area (TPSA) is 12.0 Å². The van der Waals surface area contributed by atoms with E-state index in [1.807, 2.05) is 18.2 Å². The van der Waals surface area contributed by atoms with Crippen molar-refractivity contribution < 1.29 is 0 Å². The minimum absolute atomic E-state index is 0.624. The minimum atomic E-state index is 0.624. The van der Waals surface area contributed by atoms with Crippen LogP contribution in [0.5, 0.6) is 0 Å². The summed E-state index contributed by atoms with van der Waals surface area (Å²) in [5.74, 6) is 0.896. The number of hydrogen-bond acceptors (Lipinski definition) is 1. The summed E-state index contributed by atoms with van der Waals surface area (Å²) in [4.78, 5) is 0. The number of benzene rings is 1. The Morgan fingerprint density at radius 2 is 2.00 bits per heavy atom. The fraction of sp³-hybridized carbons (Fsp3) is 0.500. The van der Waals surface area contributed by atoms with Crippen molar-refractivity contribution in [3.8, 4) is 0 Å². The zero-order chi connectivity index (χ0) is 10.7. The Balaban J connectivity index is 1.79. The second-order valence-corrected chi connectivity index (χ2v) is 4.99. The van der Waals surface area contributed by atoms with Gasteiger partial charge in [-0.15, -0.1) is 0 Å². The van der Waals surface area contributed by atoms with Gasteiger partial charge < -0.3 is 5.32 Å². The molecule has 0 spiro atoms. The maximum absolute atomic E-state index is 5.93. The molecule has 1 aromatic rings. The maximum Gasteiger partial charge on any atom is 0.0595 e. The van der Waals surface area contributed by atoms with Gasteiger partial charge in [0.2, 0.25) is 0 Å². The molecular formula is C12H15Cl2N. The summed E-state index contributed by atoms with van der Waals surface area (Å²) in [5, 5.41) is 4.71. The third-order valence-corrected chi connectivity index (χ3v) is 3.71. The average molecular weight is 244 g/mol. The predicted molar refractivity (Wildman–Crippen MR) is 65.5 cm³/mol. The van der Waals surface area contributed by atoms with Gasteiger partial charge in [-0.2, -0.15) is 0 Å². The standard InChI is InChI=1S/C12H15Cl2N/c13-11-5-4-10(6-12(11)14)8-15-7-9-2-1-3-9/h4-6,9,15H,1-3,7-8H2. The molecule has 0 bridgehead atoms. The smallest absolute Gasteiger partial charge is 0.0595 e. The van der Waals surface area contributed by atoms with Gasteiger partial charge in [-0.25, -0.2) is 0 Å².